The number of hydrogen-bond donors (Lipinski definition) is 0. The Kier molecular flexibility index (Phi) is 19.0. The van der Waals surface area contributed by atoms with Crippen molar-refractivity contribution >= 4 is 17.8 Å². The van der Waals surface area contributed by atoms with Crippen LogP contribution in [0.5, 0.6) is 0 Å². The Morgan fingerprint density at radius 2 is 1.53 bits per heavy atom. The zero-order valence-corrected chi connectivity index (χ0v) is 15.9. The van der Waals surface area contributed by atoms with Crippen molar-refractivity contribution in [1.29, 1.82) is 0 Å². The van der Waals surface area contributed by atoms with Crippen LogP contribution in [-0.4, -0.2) is 35.8 Å². The van der Waals surface area contributed by atoms with Gasteiger partial charge in [-0.05, 0) is 6.42 Å². The third kappa shape index (κ3) is 14.6. The molecule has 0 aromatic rings. The van der Waals surface area contributed by atoms with Gasteiger partial charge < -0.3 is 24.7 Å². The molecule has 0 radical (unpaired) electrons. The van der Waals surface area contributed by atoms with Crippen LogP contribution in [0.4, 0.5) is 0 Å². The van der Waals surface area contributed by atoms with Gasteiger partial charge in [-0.25, -0.2) is 0 Å². The van der Waals surface area contributed by atoms with Crippen LogP contribution in [0.2, 0.25) is 0 Å². The number of amides is 1. The first-order valence-corrected chi connectivity index (χ1v) is 5.64. The predicted molar refractivity (Wildman–Crippen MR) is 55.4 cm³/mol. The molecular formula is C11H17NNa2O5. The third-order valence-corrected chi connectivity index (χ3v) is 2.25. The quantitative estimate of drug-likeness (QED) is 0.310. The molecule has 0 rings (SSSR count). The summed E-state index contributed by atoms with van der Waals surface area (Å²) in [6, 6.07) is 0. The van der Waals surface area contributed by atoms with Crippen molar-refractivity contribution in [2.24, 2.45) is 0 Å². The topological polar surface area (TPSA) is 101 Å². The van der Waals surface area contributed by atoms with E-state index in [0.717, 1.165) is 17.7 Å². The first-order chi connectivity index (χ1) is 7.97. The maximum atomic E-state index is 11.6. The number of carboxylic acid groups (broad SMARTS) is 2. The molecule has 0 saturated carbocycles. The summed E-state index contributed by atoms with van der Waals surface area (Å²) in [7, 11) is 0. The van der Waals surface area contributed by atoms with Gasteiger partial charge in [-0.15, -0.1) is 0 Å². The largest absolute Gasteiger partial charge is 1.00 e. The average Bonchev–Trinajstić information content (AvgIpc) is 2.23. The summed E-state index contributed by atoms with van der Waals surface area (Å²) in [5, 5.41) is 20.7. The molecule has 8 heteroatoms. The maximum absolute atomic E-state index is 11.6. The van der Waals surface area contributed by atoms with Gasteiger partial charge in [0, 0.05) is 25.4 Å². The van der Waals surface area contributed by atoms with Crippen LogP contribution < -0.4 is 69.3 Å². The van der Waals surface area contributed by atoms with Gasteiger partial charge in [0.1, 0.15) is 0 Å². The van der Waals surface area contributed by atoms with Gasteiger partial charge in [0.25, 0.3) is 0 Å². The third-order valence-electron chi connectivity index (χ3n) is 2.25. The summed E-state index contributed by atoms with van der Waals surface area (Å²) in [5.41, 5.74) is 0. The molecule has 0 aromatic carbocycles. The zero-order valence-electron chi connectivity index (χ0n) is 11.9. The van der Waals surface area contributed by atoms with Gasteiger partial charge in [-0.2, -0.15) is 0 Å². The van der Waals surface area contributed by atoms with Gasteiger partial charge >= 0.3 is 59.1 Å². The zero-order chi connectivity index (χ0) is 13.3. The number of aliphatic carboxylic acids is 2. The molecule has 0 aliphatic carbocycles. The number of hydrogen-bond acceptors (Lipinski definition) is 5. The molecule has 6 nitrogen and oxygen atoms in total. The summed E-state index contributed by atoms with van der Waals surface area (Å²) in [4.78, 5) is 33.3. The minimum Gasteiger partial charge on any atom is -0.550 e. The van der Waals surface area contributed by atoms with E-state index in [1.807, 2.05) is 6.92 Å². The fourth-order valence-corrected chi connectivity index (χ4v) is 1.36. The molecule has 0 atom stereocenters. The van der Waals surface area contributed by atoms with Crippen molar-refractivity contribution in [3.63, 3.8) is 0 Å². The Morgan fingerprint density at radius 1 is 0.947 bits per heavy atom. The molecule has 98 valence electrons. The molecule has 0 fully saturated rings. The molecule has 0 N–H and O–H groups in total. The Bertz CT molecular complexity index is 286. The summed E-state index contributed by atoms with van der Waals surface area (Å²) >= 11 is 0. The van der Waals surface area contributed by atoms with E-state index in [0.29, 0.717) is 6.42 Å². The first-order valence-electron chi connectivity index (χ1n) is 5.64. The van der Waals surface area contributed by atoms with E-state index in [1.54, 1.807) is 0 Å². The van der Waals surface area contributed by atoms with Crippen LogP contribution in [0.3, 0.4) is 0 Å². The Morgan fingerprint density at radius 3 is 1.95 bits per heavy atom. The summed E-state index contributed by atoms with van der Waals surface area (Å²) < 4.78 is 0. The molecule has 0 aliphatic heterocycles. The fraction of sp³-hybridized carbons (Fsp3) is 0.727. The van der Waals surface area contributed by atoms with Crippen LogP contribution in [0.15, 0.2) is 0 Å². The Hall–Kier alpha value is 0.410. The van der Waals surface area contributed by atoms with Gasteiger partial charge in [0.15, 0.2) is 0 Å². The monoisotopic (exact) mass is 289 g/mol. The molecule has 1 amide bonds. The van der Waals surface area contributed by atoms with Gasteiger partial charge in [0.05, 0.1) is 12.5 Å². The van der Waals surface area contributed by atoms with E-state index in [1.165, 1.54) is 0 Å². The average molecular weight is 289 g/mol. The predicted octanol–water partition coefficient (Wildman–Crippen LogP) is -7.71. The Labute approximate surface area is 157 Å². The van der Waals surface area contributed by atoms with E-state index < -0.39 is 18.5 Å². The van der Waals surface area contributed by atoms with E-state index in [4.69, 9.17) is 0 Å². The van der Waals surface area contributed by atoms with E-state index in [2.05, 4.69) is 0 Å². The van der Waals surface area contributed by atoms with Crippen molar-refractivity contribution in [3.8, 4) is 0 Å². The van der Waals surface area contributed by atoms with Gasteiger partial charge in [0.2, 0.25) is 5.91 Å². The second-order valence-corrected chi connectivity index (χ2v) is 3.77. The second kappa shape index (κ2) is 14.8. The SMILES string of the molecule is CCCCCC(=O)N(CCC(=O)[O-])CC(=O)[O-].[Na+].[Na+]. The Balaban J connectivity index is -0.00000128. The van der Waals surface area contributed by atoms with Crippen LogP contribution in [0.1, 0.15) is 39.0 Å². The number of carbonyl (C=O) groups excluding carboxylic acids is 3. The number of nitrogens with zero attached hydrogens (tertiary/aromatic N) is 1. The molecule has 0 heterocycles. The maximum Gasteiger partial charge on any atom is 1.00 e. The van der Waals surface area contributed by atoms with E-state index in [9.17, 15) is 24.6 Å². The minimum atomic E-state index is -1.40. The van der Waals surface area contributed by atoms with E-state index >= 15 is 0 Å². The van der Waals surface area contributed by atoms with Crippen molar-refractivity contribution in [2.45, 2.75) is 39.0 Å². The van der Waals surface area contributed by atoms with Crippen LogP contribution in [0.25, 0.3) is 0 Å². The molecule has 0 unspecified atom stereocenters. The standard InChI is InChI=1S/C11H19NO5.2Na/c1-2-3-4-5-9(13)12(8-11(16)17)7-6-10(14)15;;/h2-8H2,1H3,(H,14,15)(H,16,17);;/q;2*+1/p-2. The molecule has 0 aromatic heterocycles. The minimum absolute atomic E-state index is 0. The summed E-state index contributed by atoms with van der Waals surface area (Å²) in [6.45, 7) is 1.26. The van der Waals surface area contributed by atoms with E-state index in [-0.39, 0.29) is 84.4 Å². The van der Waals surface area contributed by atoms with Crippen LogP contribution in [-0.2, 0) is 14.4 Å². The molecule has 0 bridgehead atoms. The normalized spacial score (nSPS) is 8.89. The summed E-state index contributed by atoms with van der Waals surface area (Å²) in [5.74, 6) is -3.06. The molecular weight excluding hydrogens is 272 g/mol. The van der Waals surface area contributed by atoms with Gasteiger partial charge in [-0.1, -0.05) is 19.8 Å². The van der Waals surface area contributed by atoms with Crippen LogP contribution >= 0.6 is 0 Å². The number of carbonyl (C=O) groups is 3. The smallest absolute Gasteiger partial charge is 0.550 e. The number of unbranched alkanes of at least 4 members (excludes halogenated alkanes) is 2. The first kappa shape index (κ1) is 24.4. The molecule has 0 spiro atoms. The van der Waals surface area contributed by atoms with Crippen molar-refractivity contribution in [1.82, 2.24) is 4.90 Å². The fourth-order valence-electron chi connectivity index (χ4n) is 1.36. The number of carboxylic acids is 2. The van der Waals surface area contributed by atoms with Crippen LogP contribution in [0, 0.1) is 0 Å². The van der Waals surface area contributed by atoms with Crippen molar-refractivity contribution in [2.75, 3.05) is 13.1 Å². The summed E-state index contributed by atoms with van der Waals surface area (Å²) in [6.07, 6.45) is 2.36. The number of rotatable bonds is 9. The van der Waals surface area contributed by atoms with Crippen molar-refractivity contribution < 1.29 is 83.7 Å². The molecule has 0 aliphatic rings. The molecule has 19 heavy (non-hydrogen) atoms. The second-order valence-electron chi connectivity index (χ2n) is 3.77. The molecule has 0 saturated heterocycles. The van der Waals surface area contributed by atoms with Gasteiger partial charge in [-0.3, -0.25) is 4.79 Å². The van der Waals surface area contributed by atoms with Crippen molar-refractivity contribution in [3.05, 3.63) is 0 Å².